The van der Waals surface area contributed by atoms with E-state index < -0.39 is 0 Å². The summed E-state index contributed by atoms with van der Waals surface area (Å²) in [6.45, 7) is 8.41. The summed E-state index contributed by atoms with van der Waals surface area (Å²) < 4.78 is 1.58. The van der Waals surface area contributed by atoms with E-state index in [1.54, 1.807) is 15.9 Å². The lowest BCUT2D eigenvalue weighted by atomic mass is 9.93. The third-order valence-corrected chi connectivity index (χ3v) is 6.16. The fraction of sp³-hybridized carbons (Fsp3) is 0.474. The molecule has 0 unspecified atom stereocenters. The Morgan fingerprint density at radius 2 is 2.08 bits per heavy atom. The number of piperidine rings is 1. The molecule has 132 valence electrons. The van der Waals surface area contributed by atoms with Crippen molar-refractivity contribution in [3.63, 3.8) is 0 Å². The van der Waals surface area contributed by atoms with E-state index in [9.17, 15) is 5.11 Å². The van der Waals surface area contributed by atoms with E-state index in [1.165, 1.54) is 24.0 Å². The van der Waals surface area contributed by atoms with E-state index in [4.69, 9.17) is 0 Å². The maximum absolute atomic E-state index is 10.9. The normalized spacial score (nSPS) is 20.2. The fourth-order valence-corrected chi connectivity index (χ4v) is 5.04. The van der Waals surface area contributed by atoms with Gasteiger partial charge in [-0.15, -0.1) is 5.10 Å². The topological polar surface area (TPSA) is 53.7 Å². The average Bonchev–Trinajstić information content (AvgIpc) is 3.08. The van der Waals surface area contributed by atoms with Crippen molar-refractivity contribution >= 4 is 16.3 Å². The Balaban J connectivity index is 1.85. The van der Waals surface area contributed by atoms with Crippen LogP contribution in [0, 0.1) is 19.8 Å². The van der Waals surface area contributed by atoms with Gasteiger partial charge < -0.3 is 5.11 Å². The number of nitrogens with zero attached hydrogens (tertiary/aromatic N) is 4. The molecule has 3 aromatic rings. The molecule has 1 aliphatic heterocycles. The van der Waals surface area contributed by atoms with Gasteiger partial charge in [0.2, 0.25) is 10.8 Å². The number of benzene rings is 1. The number of fused-ring (bicyclic) bond motifs is 1. The van der Waals surface area contributed by atoms with Crippen LogP contribution in [0.1, 0.15) is 47.6 Å². The smallest absolute Gasteiger partial charge is 0.230 e. The molecular weight excluding hydrogens is 332 g/mol. The summed E-state index contributed by atoms with van der Waals surface area (Å²) in [5.74, 6) is 1.59. The third kappa shape index (κ3) is 2.93. The van der Waals surface area contributed by atoms with Crippen LogP contribution < -0.4 is 0 Å². The highest BCUT2D eigenvalue weighted by molar-refractivity contribution is 7.17. The fourth-order valence-electron chi connectivity index (χ4n) is 3.88. The lowest BCUT2D eigenvalue weighted by Gasteiger charge is -2.37. The van der Waals surface area contributed by atoms with Gasteiger partial charge >= 0.3 is 0 Å². The van der Waals surface area contributed by atoms with Crippen molar-refractivity contribution < 1.29 is 5.11 Å². The molecule has 1 aromatic carbocycles. The zero-order valence-corrected chi connectivity index (χ0v) is 15.8. The molecular formula is C19H24N4OS. The number of aromatic nitrogens is 3. The van der Waals surface area contributed by atoms with Crippen molar-refractivity contribution in [2.24, 2.45) is 5.92 Å². The predicted molar refractivity (Wildman–Crippen MR) is 100 cm³/mol. The van der Waals surface area contributed by atoms with Gasteiger partial charge in [-0.3, -0.25) is 4.90 Å². The Bertz CT molecular complexity index is 900. The summed E-state index contributed by atoms with van der Waals surface area (Å²) in [6, 6.07) is 8.53. The van der Waals surface area contributed by atoms with Crippen LogP contribution in [0.4, 0.5) is 0 Å². The lowest BCUT2D eigenvalue weighted by molar-refractivity contribution is 0.148. The Hall–Kier alpha value is -1.92. The summed E-state index contributed by atoms with van der Waals surface area (Å²) in [5, 5.41) is 15.2. The molecule has 6 heteroatoms. The van der Waals surface area contributed by atoms with Gasteiger partial charge in [-0.2, -0.15) is 4.52 Å². The van der Waals surface area contributed by atoms with Crippen LogP contribution in [0.2, 0.25) is 0 Å². The van der Waals surface area contributed by atoms with Gasteiger partial charge in [0.25, 0.3) is 0 Å². The van der Waals surface area contributed by atoms with E-state index in [1.807, 2.05) is 6.92 Å². The highest BCUT2D eigenvalue weighted by atomic mass is 32.1. The van der Waals surface area contributed by atoms with E-state index in [0.717, 1.165) is 22.9 Å². The second-order valence-electron chi connectivity index (χ2n) is 7.14. The molecule has 2 aromatic heterocycles. The largest absolute Gasteiger partial charge is 0.492 e. The van der Waals surface area contributed by atoms with Crippen molar-refractivity contribution in [2.45, 2.75) is 39.7 Å². The van der Waals surface area contributed by atoms with Crippen LogP contribution in [0.25, 0.3) is 4.96 Å². The molecule has 1 saturated heterocycles. The first-order chi connectivity index (χ1) is 12.0. The molecule has 0 spiro atoms. The Labute approximate surface area is 151 Å². The first kappa shape index (κ1) is 16.5. The van der Waals surface area contributed by atoms with Gasteiger partial charge in [0.1, 0.15) is 5.82 Å². The number of likely N-dealkylation sites (tertiary alicyclic amines) is 1. The summed E-state index contributed by atoms with van der Waals surface area (Å²) in [7, 11) is 0. The van der Waals surface area contributed by atoms with Crippen molar-refractivity contribution in [1.29, 1.82) is 0 Å². The molecule has 1 N–H and O–H groups in total. The van der Waals surface area contributed by atoms with Crippen molar-refractivity contribution in [1.82, 2.24) is 19.5 Å². The summed E-state index contributed by atoms with van der Waals surface area (Å²) in [6.07, 6.45) is 2.47. The van der Waals surface area contributed by atoms with Crippen molar-refractivity contribution in [2.75, 3.05) is 13.1 Å². The molecule has 0 amide bonds. The van der Waals surface area contributed by atoms with Gasteiger partial charge in [-0.25, -0.2) is 4.98 Å². The molecule has 4 rings (SSSR count). The zero-order chi connectivity index (χ0) is 17.6. The molecule has 0 bridgehead atoms. The van der Waals surface area contributed by atoms with Crippen LogP contribution in [0.5, 0.6) is 5.88 Å². The minimum atomic E-state index is 0.0535. The molecule has 1 fully saturated rings. The van der Waals surface area contributed by atoms with Gasteiger partial charge in [0.15, 0.2) is 0 Å². The number of aryl methyl sites for hydroxylation is 2. The second-order valence-corrected chi connectivity index (χ2v) is 8.15. The summed E-state index contributed by atoms with van der Waals surface area (Å²) >= 11 is 1.55. The molecule has 0 aliphatic carbocycles. The van der Waals surface area contributed by atoms with Gasteiger partial charge in [0.05, 0.1) is 10.9 Å². The minimum Gasteiger partial charge on any atom is -0.492 e. The van der Waals surface area contributed by atoms with E-state index in [0.29, 0.717) is 11.7 Å². The quantitative estimate of drug-likeness (QED) is 0.772. The van der Waals surface area contributed by atoms with Crippen LogP contribution in [-0.4, -0.2) is 37.7 Å². The van der Waals surface area contributed by atoms with Crippen molar-refractivity contribution in [3.05, 3.63) is 46.1 Å². The average molecular weight is 356 g/mol. The van der Waals surface area contributed by atoms with Gasteiger partial charge in [-0.1, -0.05) is 42.5 Å². The van der Waals surface area contributed by atoms with Gasteiger partial charge in [0, 0.05) is 6.54 Å². The number of hydrogen-bond donors (Lipinski definition) is 1. The number of aromatic hydroxyl groups is 1. The first-order valence-corrected chi connectivity index (χ1v) is 9.71. The Morgan fingerprint density at radius 1 is 1.28 bits per heavy atom. The number of rotatable bonds is 3. The maximum atomic E-state index is 10.9. The van der Waals surface area contributed by atoms with Crippen LogP contribution in [0.3, 0.4) is 0 Å². The Kier molecular flexibility index (Phi) is 4.25. The van der Waals surface area contributed by atoms with E-state index >= 15 is 0 Å². The predicted octanol–water partition coefficient (Wildman–Crippen LogP) is 3.93. The molecule has 2 atom stereocenters. The molecule has 0 saturated carbocycles. The number of thiazole rings is 1. The Morgan fingerprint density at radius 3 is 2.80 bits per heavy atom. The third-order valence-electron chi connectivity index (χ3n) is 5.09. The van der Waals surface area contributed by atoms with E-state index in [2.05, 4.69) is 53.1 Å². The highest BCUT2D eigenvalue weighted by Crippen LogP contribution is 2.42. The van der Waals surface area contributed by atoms with Crippen LogP contribution >= 0.6 is 11.3 Å². The molecule has 1 aliphatic rings. The minimum absolute atomic E-state index is 0.0535. The van der Waals surface area contributed by atoms with Crippen LogP contribution in [0.15, 0.2) is 24.3 Å². The second kappa shape index (κ2) is 6.42. The SMILES string of the molecule is Cc1nc2sc([C@@H](c3ccccc3C)N3CCC[C@H](C)C3)c(O)n2n1. The van der Waals surface area contributed by atoms with Gasteiger partial charge in [-0.05, 0) is 50.3 Å². The van der Waals surface area contributed by atoms with Crippen LogP contribution in [-0.2, 0) is 0 Å². The maximum Gasteiger partial charge on any atom is 0.230 e. The van der Waals surface area contributed by atoms with E-state index in [-0.39, 0.29) is 11.9 Å². The first-order valence-electron chi connectivity index (χ1n) is 8.89. The molecule has 25 heavy (non-hydrogen) atoms. The molecule has 0 radical (unpaired) electrons. The molecule has 5 nitrogen and oxygen atoms in total. The summed E-state index contributed by atoms with van der Waals surface area (Å²) in [4.78, 5) is 8.65. The summed E-state index contributed by atoms with van der Waals surface area (Å²) in [5.41, 5.74) is 2.51. The lowest BCUT2D eigenvalue weighted by Crippen LogP contribution is -2.38. The highest BCUT2D eigenvalue weighted by Gasteiger charge is 2.32. The number of hydrogen-bond acceptors (Lipinski definition) is 5. The van der Waals surface area contributed by atoms with Crippen molar-refractivity contribution in [3.8, 4) is 5.88 Å². The molecule has 3 heterocycles. The monoisotopic (exact) mass is 356 g/mol. The zero-order valence-electron chi connectivity index (χ0n) is 14.9. The standard InChI is InChI=1S/C19H24N4OS/c1-12-7-6-10-22(11-12)16(15-9-5-4-8-13(15)2)17-18(24)23-19(25-17)20-14(3)21-23/h4-5,8-9,12,16,24H,6-7,10-11H2,1-3H3/t12-,16+/m0/s1.